The first-order valence-electron chi connectivity index (χ1n) is 4.80. The van der Waals surface area contributed by atoms with E-state index in [9.17, 15) is 4.79 Å². The van der Waals surface area contributed by atoms with Crippen LogP contribution in [0.3, 0.4) is 0 Å². The predicted octanol–water partition coefficient (Wildman–Crippen LogP) is 1.96. The molecule has 1 fully saturated rings. The molecule has 0 saturated carbocycles. The van der Waals surface area contributed by atoms with Crippen molar-refractivity contribution < 1.29 is 9.53 Å². The third-order valence-corrected chi connectivity index (χ3v) is 2.69. The number of anilines is 1. The molecule has 0 unspecified atom stereocenters. The van der Waals surface area contributed by atoms with E-state index in [-0.39, 0.29) is 12.0 Å². The summed E-state index contributed by atoms with van der Waals surface area (Å²) in [6.07, 6.45) is 3.06. The van der Waals surface area contributed by atoms with Crippen LogP contribution in [0.5, 0.6) is 0 Å². The van der Waals surface area contributed by atoms with Gasteiger partial charge in [-0.25, -0.2) is 4.98 Å². The molecule has 1 saturated heterocycles. The first-order valence-corrected chi connectivity index (χ1v) is 5.59. The number of halogens is 1. The van der Waals surface area contributed by atoms with Crippen LogP contribution in [-0.2, 0) is 9.53 Å². The summed E-state index contributed by atoms with van der Waals surface area (Å²) in [6.45, 7) is 0.671. The zero-order valence-electron chi connectivity index (χ0n) is 8.07. The van der Waals surface area contributed by atoms with Crippen LogP contribution in [-0.4, -0.2) is 23.6 Å². The molecule has 1 amide bonds. The number of aromatic nitrogens is 1. The van der Waals surface area contributed by atoms with Crippen molar-refractivity contribution in [1.82, 2.24) is 4.98 Å². The molecule has 1 atom stereocenters. The van der Waals surface area contributed by atoms with Gasteiger partial charge in [0.25, 0.3) is 5.91 Å². The maximum atomic E-state index is 11.6. The second-order valence-electron chi connectivity index (χ2n) is 3.35. The standard InChI is InChI=1S/C10H11BrN2O2/c11-7-3-4-12-9(6-7)13-10(14)8-2-1-5-15-8/h3-4,6,8H,1-2,5H2,(H,12,13,14)/t8-/m0/s1. The SMILES string of the molecule is O=C(Nc1cc(Br)ccn1)[C@@H]1CCCO1. The van der Waals surface area contributed by atoms with Gasteiger partial charge in [0.05, 0.1) is 0 Å². The van der Waals surface area contributed by atoms with Crippen molar-refractivity contribution in [2.75, 3.05) is 11.9 Å². The first kappa shape index (κ1) is 10.6. The molecule has 0 spiro atoms. The fourth-order valence-corrected chi connectivity index (χ4v) is 1.80. The lowest BCUT2D eigenvalue weighted by atomic mass is 10.2. The summed E-state index contributed by atoms with van der Waals surface area (Å²) in [6, 6.07) is 3.56. The van der Waals surface area contributed by atoms with Crippen molar-refractivity contribution >= 4 is 27.7 Å². The van der Waals surface area contributed by atoms with E-state index in [1.54, 1.807) is 12.3 Å². The molecule has 4 nitrogen and oxygen atoms in total. The highest BCUT2D eigenvalue weighted by atomic mass is 79.9. The van der Waals surface area contributed by atoms with Crippen molar-refractivity contribution in [2.24, 2.45) is 0 Å². The Morgan fingerprint density at radius 3 is 3.20 bits per heavy atom. The number of pyridine rings is 1. The first-order chi connectivity index (χ1) is 7.25. The van der Waals surface area contributed by atoms with Crippen LogP contribution in [0.15, 0.2) is 22.8 Å². The zero-order valence-corrected chi connectivity index (χ0v) is 9.66. The van der Waals surface area contributed by atoms with Gasteiger partial charge in [-0.3, -0.25) is 4.79 Å². The molecule has 15 heavy (non-hydrogen) atoms. The number of amides is 1. The minimum absolute atomic E-state index is 0.113. The molecule has 2 heterocycles. The Kier molecular flexibility index (Phi) is 3.33. The minimum atomic E-state index is -0.314. The molecule has 1 aromatic heterocycles. The lowest BCUT2D eigenvalue weighted by Gasteiger charge is -2.09. The van der Waals surface area contributed by atoms with Crippen LogP contribution < -0.4 is 5.32 Å². The van der Waals surface area contributed by atoms with Crippen molar-refractivity contribution in [3.05, 3.63) is 22.8 Å². The normalized spacial score (nSPS) is 20.2. The molecule has 5 heteroatoms. The Balaban J connectivity index is 1.99. The topological polar surface area (TPSA) is 51.2 Å². The molecule has 0 radical (unpaired) electrons. The summed E-state index contributed by atoms with van der Waals surface area (Å²) >= 11 is 3.31. The predicted molar refractivity (Wildman–Crippen MR) is 59.5 cm³/mol. The molecule has 80 valence electrons. The van der Waals surface area contributed by atoms with Gasteiger partial charge in [-0.15, -0.1) is 0 Å². The second-order valence-corrected chi connectivity index (χ2v) is 4.27. The summed E-state index contributed by atoms with van der Waals surface area (Å²) in [5.74, 6) is 0.433. The van der Waals surface area contributed by atoms with Gasteiger partial charge < -0.3 is 10.1 Å². The van der Waals surface area contributed by atoms with Gasteiger partial charge in [0, 0.05) is 17.3 Å². The number of rotatable bonds is 2. The van der Waals surface area contributed by atoms with Crippen LogP contribution in [0, 0.1) is 0 Å². The maximum Gasteiger partial charge on any atom is 0.254 e. The van der Waals surface area contributed by atoms with E-state index in [4.69, 9.17) is 4.74 Å². The Labute approximate surface area is 96.2 Å². The molecule has 2 rings (SSSR count). The van der Waals surface area contributed by atoms with E-state index in [0.717, 1.165) is 17.3 Å². The second kappa shape index (κ2) is 4.72. The zero-order chi connectivity index (χ0) is 10.7. The Hall–Kier alpha value is -0.940. The number of hydrogen-bond donors (Lipinski definition) is 1. The van der Waals surface area contributed by atoms with Crippen molar-refractivity contribution in [3.8, 4) is 0 Å². The van der Waals surface area contributed by atoms with Crippen molar-refractivity contribution in [1.29, 1.82) is 0 Å². The number of carbonyl (C=O) groups is 1. The van der Waals surface area contributed by atoms with Gasteiger partial charge in [-0.2, -0.15) is 0 Å². The number of hydrogen-bond acceptors (Lipinski definition) is 3. The van der Waals surface area contributed by atoms with Gasteiger partial charge in [0.15, 0.2) is 0 Å². The average molecular weight is 271 g/mol. The van der Waals surface area contributed by atoms with Gasteiger partial charge >= 0.3 is 0 Å². The van der Waals surface area contributed by atoms with Gasteiger partial charge in [-0.05, 0) is 25.0 Å². The van der Waals surface area contributed by atoms with Gasteiger partial charge in [0.2, 0.25) is 0 Å². The summed E-state index contributed by atoms with van der Waals surface area (Å²) in [5.41, 5.74) is 0. The number of carbonyl (C=O) groups excluding carboxylic acids is 1. The van der Waals surface area contributed by atoms with E-state index in [1.807, 2.05) is 6.07 Å². The average Bonchev–Trinajstić information content (AvgIpc) is 2.70. The van der Waals surface area contributed by atoms with Gasteiger partial charge in [-0.1, -0.05) is 15.9 Å². The smallest absolute Gasteiger partial charge is 0.254 e. The largest absolute Gasteiger partial charge is 0.368 e. The summed E-state index contributed by atoms with van der Waals surface area (Å²) < 4.78 is 6.15. The van der Waals surface area contributed by atoms with E-state index in [2.05, 4.69) is 26.2 Å². The minimum Gasteiger partial charge on any atom is -0.368 e. The van der Waals surface area contributed by atoms with Crippen LogP contribution in [0.2, 0.25) is 0 Å². The lowest BCUT2D eigenvalue weighted by molar-refractivity contribution is -0.124. The summed E-state index contributed by atoms with van der Waals surface area (Å²) in [5, 5.41) is 2.72. The van der Waals surface area contributed by atoms with Crippen LogP contribution in [0.25, 0.3) is 0 Å². The highest BCUT2D eigenvalue weighted by Crippen LogP contribution is 2.16. The molecule has 0 aromatic carbocycles. The maximum absolute atomic E-state index is 11.6. The van der Waals surface area contributed by atoms with E-state index in [1.165, 1.54) is 0 Å². The molecular weight excluding hydrogens is 260 g/mol. The van der Waals surface area contributed by atoms with E-state index < -0.39 is 0 Å². The highest BCUT2D eigenvalue weighted by Gasteiger charge is 2.23. The van der Waals surface area contributed by atoms with Crippen LogP contribution >= 0.6 is 15.9 Å². The fraction of sp³-hybridized carbons (Fsp3) is 0.400. The number of nitrogens with zero attached hydrogens (tertiary/aromatic N) is 1. The molecule has 1 aliphatic rings. The monoisotopic (exact) mass is 270 g/mol. The molecule has 1 aromatic rings. The van der Waals surface area contributed by atoms with Crippen LogP contribution in [0.4, 0.5) is 5.82 Å². The summed E-state index contributed by atoms with van der Waals surface area (Å²) in [4.78, 5) is 15.7. The van der Waals surface area contributed by atoms with Crippen molar-refractivity contribution in [3.63, 3.8) is 0 Å². The van der Waals surface area contributed by atoms with Gasteiger partial charge in [0.1, 0.15) is 11.9 Å². The third-order valence-electron chi connectivity index (χ3n) is 2.20. The lowest BCUT2D eigenvalue weighted by Crippen LogP contribution is -2.27. The Morgan fingerprint density at radius 2 is 2.53 bits per heavy atom. The molecule has 1 aliphatic heterocycles. The highest BCUT2D eigenvalue weighted by molar-refractivity contribution is 9.10. The fourth-order valence-electron chi connectivity index (χ4n) is 1.46. The van der Waals surface area contributed by atoms with E-state index >= 15 is 0 Å². The molecule has 1 N–H and O–H groups in total. The quantitative estimate of drug-likeness (QED) is 0.894. The Morgan fingerprint density at radius 1 is 1.67 bits per heavy atom. The molecule has 0 aliphatic carbocycles. The Bertz CT molecular complexity index is 364. The third kappa shape index (κ3) is 2.76. The number of nitrogens with one attached hydrogen (secondary N) is 1. The van der Waals surface area contributed by atoms with E-state index in [0.29, 0.717) is 12.4 Å². The van der Waals surface area contributed by atoms with Crippen LogP contribution in [0.1, 0.15) is 12.8 Å². The molecule has 0 bridgehead atoms. The van der Waals surface area contributed by atoms with Crippen molar-refractivity contribution in [2.45, 2.75) is 18.9 Å². The summed E-state index contributed by atoms with van der Waals surface area (Å²) in [7, 11) is 0. The number of ether oxygens (including phenoxy) is 1. The molecular formula is C10H11BrN2O2.